The van der Waals surface area contributed by atoms with E-state index in [0.717, 1.165) is 6.92 Å². The predicted octanol–water partition coefficient (Wildman–Crippen LogP) is -5.45. The molecule has 0 bridgehead atoms. The first-order valence-corrected chi connectivity index (χ1v) is 1.58. The summed E-state index contributed by atoms with van der Waals surface area (Å²) in [4.78, 5) is 17.6. The molecule has 0 aromatic rings. The third kappa shape index (κ3) is 956. The maximum atomic E-state index is 9.00. The summed E-state index contributed by atoms with van der Waals surface area (Å²) < 4.78 is 0. The molecule has 0 atom stereocenters. The van der Waals surface area contributed by atoms with E-state index in [1.54, 1.807) is 0 Å². The van der Waals surface area contributed by atoms with Gasteiger partial charge in [-0.1, -0.05) is 0 Å². The van der Waals surface area contributed by atoms with Crippen molar-refractivity contribution in [1.29, 1.82) is 0 Å². The summed E-state index contributed by atoms with van der Waals surface area (Å²) in [5.41, 5.74) is 0. The van der Waals surface area contributed by atoms with E-state index < -0.39 is 12.1 Å². The van der Waals surface area contributed by atoms with Crippen LogP contribution < -0.4 is 59.1 Å². The van der Waals surface area contributed by atoms with Gasteiger partial charge in [0, 0.05) is 6.92 Å². The molecule has 0 aromatic carbocycles. The van der Waals surface area contributed by atoms with E-state index in [2.05, 4.69) is 0 Å². The number of carbonyl (C=O) groups is 2. The normalized spacial score (nSPS) is 4.90. The molecule has 0 unspecified atom stereocenters. The zero-order chi connectivity index (χ0) is 7.15. The Balaban J connectivity index is -0.0000000112. The maximum Gasteiger partial charge on any atom is 1.00 e. The van der Waals surface area contributed by atoms with Crippen LogP contribution in [0.1, 0.15) is 9.78 Å². The van der Waals surface area contributed by atoms with Crippen LogP contribution in [-0.4, -0.2) is 27.4 Å². The summed E-state index contributed by atoms with van der Waals surface area (Å²) in [6, 6.07) is 0. The molecule has 0 rings (SSSR count). The summed E-state index contributed by atoms with van der Waals surface area (Å²) in [6.45, 7) is 1.08. The van der Waals surface area contributed by atoms with E-state index in [4.69, 9.17) is 24.9 Å². The Morgan fingerprint density at radius 3 is 1.10 bits per heavy atom. The average molecular weight is 170 g/mol. The molecule has 0 aromatic heterocycles. The molecule has 5 nitrogen and oxygen atoms in total. The number of hydrogen-bond acceptors (Lipinski definition) is 2. The molecule has 0 aliphatic heterocycles. The van der Waals surface area contributed by atoms with Crippen LogP contribution in [0.4, 0.5) is 4.79 Å². The van der Waals surface area contributed by atoms with Gasteiger partial charge < -0.3 is 18.2 Å². The minimum absolute atomic E-state index is 0. The van der Waals surface area contributed by atoms with Crippen LogP contribution in [0.5, 0.6) is 0 Å². The van der Waals surface area contributed by atoms with Crippen LogP contribution >= 0.6 is 0 Å². The molecule has 0 saturated carbocycles. The quantitative estimate of drug-likeness (QED) is 0.315. The Hall–Kier alpha value is 0.740. The summed E-state index contributed by atoms with van der Waals surface area (Å²) in [5, 5.41) is 21.4. The monoisotopic (exact) mass is 170 g/mol. The van der Waals surface area contributed by atoms with Gasteiger partial charge in [0.2, 0.25) is 0 Å². The second-order valence-electron chi connectivity index (χ2n) is 0.802. The van der Waals surface area contributed by atoms with Gasteiger partial charge in [0.25, 0.3) is 5.97 Å². The van der Waals surface area contributed by atoms with Gasteiger partial charge in [-0.05, 0) is 0 Å². The Morgan fingerprint density at radius 2 is 1.10 bits per heavy atom. The molecular weight excluding hydrogens is 162 g/mol. The van der Waals surface area contributed by atoms with Crippen molar-refractivity contribution in [2.45, 2.75) is 6.92 Å². The van der Waals surface area contributed by atoms with Crippen molar-refractivity contribution < 1.29 is 86.9 Å². The Kier molecular flexibility index (Phi) is 36.7. The molecule has 0 amide bonds. The van der Waals surface area contributed by atoms with Crippen molar-refractivity contribution in [3.05, 3.63) is 0 Å². The molecule has 0 heterocycles. The van der Waals surface area contributed by atoms with Crippen LogP contribution in [0.3, 0.4) is 0 Å². The molecule has 10 heavy (non-hydrogen) atoms. The Morgan fingerprint density at radius 1 is 1.10 bits per heavy atom. The minimum atomic E-state index is -1.83. The Labute approximate surface area is 105 Å². The molecule has 0 radical (unpaired) electrons. The number of carboxylic acids is 1. The third-order valence-electron chi connectivity index (χ3n) is 0. The first kappa shape index (κ1) is 22.4. The SMILES string of the molecule is CC(=O)O.O=C(O)O.[H-].[H-].[Na+].[Na+]. The van der Waals surface area contributed by atoms with Crippen molar-refractivity contribution >= 4 is 12.1 Å². The number of aliphatic carboxylic acids is 1. The molecule has 0 aliphatic rings. The molecule has 0 aliphatic carbocycles. The van der Waals surface area contributed by atoms with Gasteiger partial charge in [0.15, 0.2) is 0 Å². The fourth-order valence-corrected chi connectivity index (χ4v) is 0. The zero-order valence-electron chi connectivity index (χ0n) is 8.16. The summed E-state index contributed by atoms with van der Waals surface area (Å²) >= 11 is 0. The molecular formula is C3H8Na2O5. The second kappa shape index (κ2) is 16.4. The maximum absolute atomic E-state index is 9.00. The molecule has 7 heteroatoms. The first-order chi connectivity index (χ1) is 3.46. The average Bonchev–Trinajstić information content (AvgIpc) is 1.25. The van der Waals surface area contributed by atoms with Gasteiger partial charge in [-0.15, -0.1) is 0 Å². The number of rotatable bonds is 0. The standard InChI is InChI=1S/C2H4O2.CH2O3.2Na.2H/c1-2(3)4;2-1(3)4;;;;/h1H3,(H,3,4);(H2,2,3,4);;;;/q;;2*+1;2*-1. The van der Waals surface area contributed by atoms with Crippen LogP contribution in [0, 0.1) is 0 Å². The van der Waals surface area contributed by atoms with Gasteiger partial charge in [-0.2, -0.15) is 0 Å². The van der Waals surface area contributed by atoms with E-state index in [9.17, 15) is 0 Å². The minimum Gasteiger partial charge on any atom is -1.00 e. The smallest absolute Gasteiger partial charge is 1.00 e. The van der Waals surface area contributed by atoms with Crippen molar-refractivity contribution in [2.75, 3.05) is 0 Å². The van der Waals surface area contributed by atoms with Crippen molar-refractivity contribution in [1.82, 2.24) is 0 Å². The van der Waals surface area contributed by atoms with Crippen LogP contribution in [0.2, 0.25) is 0 Å². The van der Waals surface area contributed by atoms with E-state index in [1.165, 1.54) is 0 Å². The van der Waals surface area contributed by atoms with Crippen molar-refractivity contribution in [3.8, 4) is 0 Å². The summed E-state index contributed by atoms with van der Waals surface area (Å²) in [7, 11) is 0. The molecule has 0 fully saturated rings. The van der Waals surface area contributed by atoms with Gasteiger partial charge in [-0.3, -0.25) is 4.79 Å². The number of hydrogen-bond donors (Lipinski definition) is 3. The Bertz CT molecular complexity index is 80.7. The molecule has 0 saturated heterocycles. The molecule has 0 spiro atoms. The van der Waals surface area contributed by atoms with E-state index in [-0.39, 0.29) is 62.0 Å². The zero-order valence-corrected chi connectivity index (χ0v) is 10.2. The van der Waals surface area contributed by atoms with Crippen LogP contribution in [0.15, 0.2) is 0 Å². The number of carboxylic acid groups (broad SMARTS) is 3. The van der Waals surface area contributed by atoms with Crippen LogP contribution in [-0.2, 0) is 4.79 Å². The van der Waals surface area contributed by atoms with E-state index in [0.29, 0.717) is 0 Å². The first-order valence-electron chi connectivity index (χ1n) is 1.58. The fourth-order valence-electron chi connectivity index (χ4n) is 0. The van der Waals surface area contributed by atoms with Gasteiger partial charge in [-0.25, -0.2) is 4.79 Å². The molecule has 52 valence electrons. The summed E-state index contributed by atoms with van der Waals surface area (Å²) in [5.74, 6) is -0.833. The van der Waals surface area contributed by atoms with Gasteiger partial charge >= 0.3 is 65.3 Å². The topological polar surface area (TPSA) is 94.8 Å². The second-order valence-corrected chi connectivity index (χ2v) is 0.802. The fraction of sp³-hybridized carbons (Fsp3) is 0.333. The third-order valence-corrected chi connectivity index (χ3v) is 0. The van der Waals surface area contributed by atoms with E-state index >= 15 is 0 Å². The summed E-state index contributed by atoms with van der Waals surface area (Å²) in [6.07, 6.45) is -1.83. The predicted molar refractivity (Wildman–Crippen MR) is 26.2 cm³/mol. The van der Waals surface area contributed by atoms with Gasteiger partial charge in [0.1, 0.15) is 0 Å². The van der Waals surface area contributed by atoms with Crippen molar-refractivity contribution in [3.63, 3.8) is 0 Å². The van der Waals surface area contributed by atoms with Crippen LogP contribution in [0.25, 0.3) is 0 Å². The largest absolute Gasteiger partial charge is 1.00 e. The molecule has 3 N–H and O–H groups in total. The van der Waals surface area contributed by atoms with Crippen molar-refractivity contribution in [2.24, 2.45) is 0 Å². The van der Waals surface area contributed by atoms with Gasteiger partial charge in [0.05, 0.1) is 0 Å². The van der Waals surface area contributed by atoms with E-state index in [1.807, 2.05) is 0 Å².